The van der Waals surface area contributed by atoms with Gasteiger partial charge in [-0.1, -0.05) is 46.3 Å². The summed E-state index contributed by atoms with van der Waals surface area (Å²) in [7, 11) is -2.16. The molecule has 0 aromatic rings. The van der Waals surface area contributed by atoms with Crippen molar-refractivity contribution in [3.63, 3.8) is 0 Å². The molecule has 0 heterocycles. The van der Waals surface area contributed by atoms with E-state index in [4.69, 9.17) is 13.6 Å². The topological polar surface area (TPSA) is 44.8 Å². The molecule has 0 aromatic carbocycles. The predicted octanol–water partition coefficient (Wildman–Crippen LogP) is 6.93. The molecule has 0 radical (unpaired) electrons. The molecule has 0 bridgehead atoms. The SMILES string of the molecule is COC(=O)CC/C=C1/CC2C1CCC(O[Si](C)(C)C(C)(C)C)C2O[Si](C)(C)CC(C)C. The fraction of sp³-hybridized carbons (Fsp3) is 0.880. The lowest BCUT2D eigenvalue weighted by atomic mass is 9.60. The normalized spacial score (nSPS) is 28.4. The molecule has 6 heteroatoms. The Morgan fingerprint density at radius 1 is 1.13 bits per heavy atom. The zero-order valence-electron chi connectivity index (χ0n) is 21.8. The van der Waals surface area contributed by atoms with Crippen molar-refractivity contribution in [3.05, 3.63) is 11.6 Å². The van der Waals surface area contributed by atoms with E-state index in [-0.39, 0.29) is 23.2 Å². The number of esters is 1. The Bertz CT molecular complexity index is 648. The van der Waals surface area contributed by atoms with Gasteiger partial charge in [-0.15, -0.1) is 0 Å². The van der Waals surface area contributed by atoms with Crippen LogP contribution < -0.4 is 0 Å². The third-order valence-corrected chi connectivity index (χ3v) is 14.8. The number of methoxy groups -OCH3 is 1. The van der Waals surface area contributed by atoms with Gasteiger partial charge in [0, 0.05) is 6.42 Å². The quantitative estimate of drug-likeness (QED) is 0.209. The van der Waals surface area contributed by atoms with E-state index in [0.29, 0.717) is 24.2 Å². The molecule has 0 N–H and O–H groups in total. The van der Waals surface area contributed by atoms with Gasteiger partial charge in [-0.25, -0.2) is 0 Å². The number of carbonyl (C=O) groups excluding carboxylic acids is 1. The van der Waals surface area contributed by atoms with E-state index in [9.17, 15) is 4.79 Å². The monoisotopic (exact) mass is 468 g/mol. The molecule has 2 aliphatic carbocycles. The second kappa shape index (κ2) is 10.2. The molecule has 4 atom stereocenters. The summed E-state index contributed by atoms with van der Waals surface area (Å²) < 4.78 is 18.8. The van der Waals surface area contributed by atoms with Gasteiger partial charge >= 0.3 is 5.97 Å². The number of fused-ring (bicyclic) bond motifs is 1. The Labute approximate surface area is 193 Å². The summed E-state index contributed by atoms with van der Waals surface area (Å²) in [4.78, 5) is 11.5. The van der Waals surface area contributed by atoms with E-state index in [1.807, 2.05) is 0 Å². The lowest BCUT2D eigenvalue weighted by molar-refractivity contribution is -0.140. The Balaban J connectivity index is 2.16. The number of hydrogen-bond donors (Lipinski definition) is 0. The fourth-order valence-corrected chi connectivity index (χ4v) is 9.65. The van der Waals surface area contributed by atoms with Crippen LogP contribution in [-0.4, -0.2) is 41.9 Å². The maximum Gasteiger partial charge on any atom is 0.305 e. The van der Waals surface area contributed by atoms with E-state index in [1.54, 1.807) is 0 Å². The van der Waals surface area contributed by atoms with Crippen molar-refractivity contribution in [2.45, 2.75) is 116 Å². The average Bonchev–Trinajstić information content (AvgIpc) is 2.58. The Morgan fingerprint density at radius 3 is 2.32 bits per heavy atom. The maximum absolute atomic E-state index is 11.5. The van der Waals surface area contributed by atoms with Crippen LogP contribution in [0.25, 0.3) is 0 Å². The molecule has 0 aliphatic heterocycles. The van der Waals surface area contributed by atoms with Crippen molar-refractivity contribution in [2.75, 3.05) is 7.11 Å². The predicted molar refractivity (Wildman–Crippen MR) is 134 cm³/mol. The van der Waals surface area contributed by atoms with Crippen molar-refractivity contribution < 1.29 is 18.4 Å². The molecule has 2 aliphatic rings. The minimum atomic E-state index is -1.85. The number of ether oxygens (including phenoxy) is 1. The molecule has 0 spiro atoms. The van der Waals surface area contributed by atoms with Crippen LogP contribution in [0.1, 0.15) is 66.7 Å². The van der Waals surface area contributed by atoms with Gasteiger partial charge in [-0.2, -0.15) is 0 Å². The van der Waals surface area contributed by atoms with E-state index in [2.05, 4.69) is 66.9 Å². The molecule has 0 aromatic heterocycles. The summed E-state index contributed by atoms with van der Waals surface area (Å²) in [5, 5.41) is 0.206. The van der Waals surface area contributed by atoms with Crippen molar-refractivity contribution in [3.8, 4) is 0 Å². The van der Waals surface area contributed by atoms with E-state index >= 15 is 0 Å². The van der Waals surface area contributed by atoms with Gasteiger partial charge in [0.25, 0.3) is 0 Å². The summed E-state index contributed by atoms with van der Waals surface area (Å²) in [6, 6.07) is 1.19. The smallest absolute Gasteiger partial charge is 0.305 e. The van der Waals surface area contributed by atoms with Crippen LogP contribution >= 0.6 is 0 Å². The second-order valence-corrected chi connectivity index (χ2v) is 21.2. The number of hydrogen-bond acceptors (Lipinski definition) is 4. The zero-order chi connectivity index (χ0) is 23.6. The van der Waals surface area contributed by atoms with Crippen LogP contribution in [0.2, 0.25) is 37.3 Å². The van der Waals surface area contributed by atoms with Crippen LogP contribution in [0.5, 0.6) is 0 Å². The highest BCUT2D eigenvalue weighted by molar-refractivity contribution is 6.74. The first kappa shape index (κ1) is 26.8. The van der Waals surface area contributed by atoms with Gasteiger partial charge < -0.3 is 13.6 Å². The maximum atomic E-state index is 11.5. The molecule has 180 valence electrons. The van der Waals surface area contributed by atoms with Crippen LogP contribution in [0, 0.1) is 17.8 Å². The number of carbonyl (C=O) groups is 1. The van der Waals surface area contributed by atoms with Gasteiger partial charge in [-0.3, -0.25) is 4.79 Å². The van der Waals surface area contributed by atoms with Crippen molar-refractivity contribution in [1.82, 2.24) is 0 Å². The molecule has 0 amide bonds. The largest absolute Gasteiger partial charge is 0.469 e. The van der Waals surface area contributed by atoms with Crippen LogP contribution in [0.15, 0.2) is 11.6 Å². The van der Waals surface area contributed by atoms with E-state index < -0.39 is 16.6 Å². The minimum Gasteiger partial charge on any atom is -0.469 e. The molecule has 31 heavy (non-hydrogen) atoms. The minimum absolute atomic E-state index is 0.123. The average molecular weight is 469 g/mol. The van der Waals surface area contributed by atoms with Gasteiger partial charge in [0.05, 0.1) is 19.3 Å². The van der Waals surface area contributed by atoms with Crippen LogP contribution in [0.4, 0.5) is 0 Å². The van der Waals surface area contributed by atoms with Gasteiger partial charge in [0.1, 0.15) is 0 Å². The molecule has 0 saturated heterocycles. The molecular weight excluding hydrogens is 420 g/mol. The third kappa shape index (κ3) is 7.02. The van der Waals surface area contributed by atoms with Crippen molar-refractivity contribution >= 4 is 22.6 Å². The zero-order valence-corrected chi connectivity index (χ0v) is 23.8. The molecule has 4 unspecified atom stereocenters. The van der Waals surface area contributed by atoms with E-state index in [1.165, 1.54) is 25.1 Å². The highest BCUT2D eigenvalue weighted by Gasteiger charge is 2.52. The van der Waals surface area contributed by atoms with E-state index in [0.717, 1.165) is 19.3 Å². The van der Waals surface area contributed by atoms with Gasteiger partial charge in [-0.05, 0) is 80.7 Å². The molecule has 4 nitrogen and oxygen atoms in total. The van der Waals surface area contributed by atoms with Crippen molar-refractivity contribution in [2.24, 2.45) is 17.8 Å². The summed E-state index contributed by atoms with van der Waals surface area (Å²) in [5.74, 6) is 1.70. The van der Waals surface area contributed by atoms with Crippen LogP contribution in [0.3, 0.4) is 0 Å². The van der Waals surface area contributed by atoms with Gasteiger partial charge in [0.15, 0.2) is 16.6 Å². The lowest BCUT2D eigenvalue weighted by Crippen LogP contribution is -2.58. The summed E-state index contributed by atoms with van der Waals surface area (Å²) in [6.07, 6.45) is 7.35. The highest BCUT2D eigenvalue weighted by Crippen LogP contribution is 2.52. The second-order valence-electron chi connectivity index (χ2n) is 12.3. The van der Waals surface area contributed by atoms with Gasteiger partial charge in [0.2, 0.25) is 0 Å². The Morgan fingerprint density at radius 2 is 1.77 bits per heavy atom. The molecule has 2 rings (SSSR count). The Hall–Kier alpha value is -0.436. The Kier molecular flexibility index (Phi) is 8.85. The standard InChI is InChI=1S/C25H48O4Si2/c1-18(2)17-30(7,8)29-24-21-16-19(12-11-13-23(26)27-6)20(21)14-15-22(24)28-31(9,10)25(3,4)5/h12,18,20-22,24H,11,13-17H2,1-10H3/b19-12-. The molecule has 2 fully saturated rings. The lowest BCUT2D eigenvalue weighted by Gasteiger charge is -2.54. The molecular formula is C25H48O4Si2. The number of rotatable bonds is 9. The first-order valence-electron chi connectivity index (χ1n) is 12.3. The number of allylic oxidation sites excluding steroid dienone is 2. The van der Waals surface area contributed by atoms with Crippen LogP contribution in [-0.2, 0) is 18.4 Å². The third-order valence-electron chi connectivity index (χ3n) is 7.60. The summed E-state index contributed by atoms with van der Waals surface area (Å²) >= 11 is 0. The summed E-state index contributed by atoms with van der Waals surface area (Å²) in [6.45, 7) is 21.1. The first-order valence-corrected chi connectivity index (χ1v) is 18.3. The fourth-order valence-electron chi connectivity index (χ4n) is 5.17. The molecule has 2 saturated carbocycles. The highest BCUT2D eigenvalue weighted by atomic mass is 28.4. The first-order chi connectivity index (χ1) is 14.2. The van der Waals surface area contributed by atoms with Crippen molar-refractivity contribution in [1.29, 1.82) is 0 Å². The summed E-state index contributed by atoms with van der Waals surface area (Å²) in [5.41, 5.74) is 1.52.